The number of thiophene rings is 1. The molecule has 2 heterocycles. The van der Waals surface area contributed by atoms with Crippen molar-refractivity contribution in [1.29, 1.82) is 0 Å². The normalized spacial score (nSPS) is 17.9. The maximum atomic E-state index is 3.44. The van der Waals surface area contributed by atoms with Gasteiger partial charge in [-0.3, -0.25) is 4.90 Å². The molecule has 0 aromatic carbocycles. The lowest BCUT2D eigenvalue weighted by Gasteiger charge is -2.19. The SMILES string of the molecule is Cc1cc(CN2CCCNCC2)c(C)s1.Cl. The van der Waals surface area contributed by atoms with E-state index in [-0.39, 0.29) is 12.4 Å². The van der Waals surface area contributed by atoms with E-state index in [1.807, 2.05) is 11.3 Å². The molecule has 0 radical (unpaired) electrons. The molecule has 0 atom stereocenters. The zero-order valence-corrected chi connectivity index (χ0v) is 11.7. The largest absolute Gasteiger partial charge is 0.315 e. The molecule has 0 spiro atoms. The molecule has 1 saturated heterocycles. The first-order chi connectivity index (χ1) is 7.25. The van der Waals surface area contributed by atoms with Crippen molar-refractivity contribution >= 4 is 23.7 Å². The average molecular weight is 261 g/mol. The van der Waals surface area contributed by atoms with Crippen molar-refractivity contribution in [1.82, 2.24) is 10.2 Å². The first-order valence-corrected chi connectivity index (χ1v) is 6.56. The number of nitrogens with zero attached hydrogens (tertiary/aromatic N) is 1. The number of aryl methyl sites for hydroxylation is 2. The van der Waals surface area contributed by atoms with E-state index in [1.54, 1.807) is 0 Å². The van der Waals surface area contributed by atoms with Crippen molar-refractivity contribution in [3.63, 3.8) is 0 Å². The zero-order chi connectivity index (χ0) is 10.7. The number of halogens is 1. The minimum Gasteiger partial charge on any atom is -0.315 e. The van der Waals surface area contributed by atoms with Crippen LogP contribution in [0.3, 0.4) is 0 Å². The summed E-state index contributed by atoms with van der Waals surface area (Å²) in [5.74, 6) is 0. The summed E-state index contributed by atoms with van der Waals surface area (Å²) in [5, 5.41) is 3.44. The van der Waals surface area contributed by atoms with Gasteiger partial charge >= 0.3 is 0 Å². The van der Waals surface area contributed by atoms with Gasteiger partial charge in [0.2, 0.25) is 0 Å². The Morgan fingerprint density at radius 2 is 2.12 bits per heavy atom. The third kappa shape index (κ3) is 3.74. The van der Waals surface area contributed by atoms with Crippen molar-refractivity contribution in [2.24, 2.45) is 0 Å². The van der Waals surface area contributed by atoms with Crippen molar-refractivity contribution in [2.45, 2.75) is 26.8 Å². The molecular formula is C12H21ClN2S. The van der Waals surface area contributed by atoms with Crippen LogP contribution in [-0.2, 0) is 6.54 Å². The summed E-state index contributed by atoms with van der Waals surface area (Å²) in [6.45, 7) is 10.3. The van der Waals surface area contributed by atoms with Crippen LogP contribution in [0.4, 0.5) is 0 Å². The first-order valence-electron chi connectivity index (χ1n) is 5.74. The average Bonchev–Trinajstić information content (AvgIpc) is 2.44. The minimum absolute atomic E-state index is 0. The van der Waals surface area contributed by atoms with Gasteiger partial charge in [-0.25, -0.2) is 0 Å². The predicted molar refractivity (Wildman–Crippen MR) is 73.8 cm³/mol. The highest BCUT2D eigenvalue weighted by Gasteiger charge is 2.11. The Balaban J connectivity index is 0.00000128. The van der Waals surface area contributed by atoms with Crippen LogP contribution in [0, 0.1) is 13.8 Å². The Kier molecular flexibility index (Phi) is 5.76. The molecule has 1 aromatic heterocycles. The third-order valence-corrected chi connectivity index (χ3v) is 3.98. The third-order valence-electron chi connectivity index (χ3n) is 2.97. The van der Waals surface area contributed by atoms with Crippen LogP contribution in [0.5, 0.6) is 0 Å². The number of hydrogen-bond acceptors (Lipinski definition) is 3. The van der Waals surface area contributed by atoms with Crippen LogP contribution in [0.2, 0.25) is 0 Å². The molecule has 2 nitrogen and oxygen atoms in total. The number of rotatable bonds is 2. The number of nitrogens with one attached hydrogen (secondary N) is 1. The van der Waals surface area contributed by atoms with E-state index in [1.165, 1.54) is 41.4 Å². The molecule has 0 unspecified atom stereocenters. The van der Waals surface area contributed by atoms with Crippen molar-refractivity contribution in [3.05, 3.63) is 21.4 Å². The van der Waals surface area contributed by atoms with E-state index < -0.39 is 0 Å². The highest BCUT2D eigenvalue weighted by Crippen LogP contribution is 2.22. The molecule has 16 heavy (non-hydrogen) atoms. The molecular weight excluding hydrogens is 240 g/mol. The molecule has 1 aliphatic rings. The Hall–Kier alpha value is -0.0900. The van der Waals surface area contributed by atoms with Crippen LogP contribution < -0.4 is 5.32 Å². The van der Waals surface area contributed by atoms with Gasteiger partial charge in [0.25, 0.3) is 0 Å². The molecule has 0 saturated carbocycles. The van der Waals surface area contributed by atoms with Crippen LogP contribution in [-0.4, -0.2) is 31.1 Å². The molecule has 0 amide bonds. The lowest BCUT2D eigenvalue weighted by Crippen LogP contribution is -2.27. The standard InChI is InChI=1S/C12H20N2S.ClH/c1-10-8-12(11(2)15-10)9-14-6-3-4-13-5-7-14;/h8,13H,3-7,9H2,1-2H3;1H. The second-order valence-corrected chi connectivity index (χ2v) is 5.78. The first kappa shape index (κ1) is 14.0. The Bertz CT molecular complexity index is 317. The van der Waals surface area contributed by atoms with Gasteiger partial charge in [-0.2, -0.15) is 0 Å². The molecule has 4 heteroatoms. The van der Waals surface area contributed by atoms with Gasteiger partial charge in [-0.15, -0.1) is 23.7 Å². The van der Waals surface area contributed by atoms with E-state index in [4.69, 9.17) is 0 Å². The molecule has 1 N–H and O–H groups in total. The van der Waals surface area contributed by atoms with Crippen molar-refractivity contribution < 1.29 is 0 Å². The molecule has 92 valence electrons. The van der Waals surface area contributed by atoms with Crippen LogP contribution in [0.15, 0.2) is 6.07 Å². The zero-order valence-electron chi connectivity index (χ0n) is 10.1. The fourth-order valence-corrected chi connectivity index (χ4v) is 3.08. The second kappa shape index (κ2) is 6.60. The fourth-order valence-electron chi connectivity index (χ4n) is 2.14. The van der Waals surface area contributed by atoms with Crippen molar-refractivity contribution in [2.75, 3.05) is 26.2 Å². The van der Waals surface area contributed by atoms with Crippen molar-refractivity contribution in [3.8, 4) is 0 Å². The molecule has 1 aliphatic heterocycles. The lowest BCUT2D eigenvalue weighted by atomic mass is 10.2. The molecule has 0 aliphatic carbocycles. The molecule has 2 rings (SSSR count). The Morgan fingerprint density at radius 3 is 2.81 bits per heavy atom. The summed E-state index contributed by atoms with van der Waals surface area (Å²) in [7, 11) is 0. The smallest absolute Gasteiger partial charge is 0.0245 e. The van der Waals surface area contributed by atoms with Gasteiger partial charge < -0.3 is 5.32 Å². The maximum Gasteiger partial charge on any atom is 0.0245 e. The monoisotopic (exact) mass is 260 g/mol. The lowest BCUT2D eigenvalue weighted by molar-refractivity contribution is 0.284. The van der Waals surface area contributed by atoms with Crippen LogP contribution in [0.1, 0.15) is 21.7 Å². The van der Waals surface area contributed by atoms with E-state index in [0.717, 1.165) is 13.1 Å². The topological polar surface area (TPSA) is 15.3 Å². The van der Waals surface area contributed by atoms with Gasteiger partial charge in [0.15, 0.2) is 0 Å². The maximum absolute atomic E-state index is 3.44. The van der Waals surface area contributed by atoms with E-state index in [0.29, 0.717) is 0 Å². The Morgan fingerprint density at radius 1 is 1.31 bits per heavy atom. The Labute approximate surface area is 108 Å². The fraction of sp³-hybridized carbons (Fsp3) is 0.667. The number of hydrogen-bond donors (Lipinski definition) is 1. The van der Waals surface area contributed by atoms with Gasteiger partial charge in [0.1, 0.15) is 0 Å². The molecule has 1 aromatic rings. The summed E-state index contributed by atoms with van der Waals surface area (Å²) in [4.78, 5) is 5.49. The van der Waals surface area contributed by atoms with E-state index >= 15 is 0 Å². The summed E-state index contributed by atoms with van der Waals surface area (Å²) >= 11 is 1.92. The molecule has 0 bridgehead atoms. The van der Waals surface area contributed by atoms with Gasteiger partial charge in [-0.05, 0) is 45.0 Å². The van der Waals surface area contributed by atoms with Crippen LogP contribution >= 0.6 is 23.7 Å². The van der Waals surface area contributed by atoms with Crippen LogP contribution in [0.25, 0.3) is 0 Å². The minimum atomic E-state index is 0. The summed E-state index contributed by atoms with van der Waals surface area (Å²) in [6, 6.07) is 2.35. The predicted octanol–water partition coefficient (Wildman–Crippen LogP) is 2.58. The summed E-state index contributed by atoms with van der Waals surface area (Å²) in [5.41, 5.74) is 1.53. The van der Waals surface area contributed by atoms with Gasteiger partial charge in [0.05, 0.1) is 0 Å². The van der Waals surface area contributed by atoms with Gasteiger partial charge in [0, 0.05) is 29.4 Å². The highest BCUT2D eigenvalue weighted by atomic mass is 35.5. The van der Waals surface area contributed by atoms with E-state index in [2.05, 4.69) is 30.1 Å². The van der Waals surface area contributed by atoms with Gasteiger partial charge in [-0.1, -0.05) is 0 Å². The van der Waals surface area contributed by atoms with E-state index in [9.17, 15) is 0 Å². The highest BCUT2D eigenvalue weighted by molar-refractivity contribution is 7.12. The second-order valence-electron chi connectivity index (χ2n) is 4.32. The summed E-state index contributed by atoms with van der Waals surface area (Å²) in [6.07, 6.45) is 1.28. The summed E-state index contributed by atoms with van der Waals surface area (Å²) < 4.78 is 0. The molecule has 1 fully saturated rings. The quantitative estimate of drug-likeness (QED) is 0.879.